The molecule has 34 heavy (non-hydrogen) atoms. The lowest BCUT2D eigenvalue weighted by Crippen LogP contribution is -2.48. The summed E-state index contributed by atoms with van der Waals surface area (Å²) in [5, 5.41) is 1.85. The third kappa shape index (κ3) is 3.52. The van der Waals surface area contributed by atoms with Gasteiger partial charge >= 0.3 is 5.97 Å². The van der Waals surface area contributed by atoms with E-state index in [0.717, 1.165) is 54.0 Å². The molecule has 2 unspecified atom stereocenters. The fourth-order valence-corrected chi connectivity index (χ4v) is 5.62. The van der Waals surface area contributed by atoms with E-state index >= 15 is 0 Å². The van der Waals surface area contributed by atoms with Crippen molar-refractivity contribution in [2.75, 3.05) is 11.5 Å². The summed E-state index contributed by atoms with van der Waals surface area (Å²) in [6.07, 6.45) is 8.25. The number of anilines is 1. The molecule has 1 aromatic heterocycles. The third-order valence-electron chi connectivity index (χ3n) is 7.62. The zero-order valence-corrected chi connectivity index (χ0v) is 19.6. The lowest BCUT2D eigenvalue weighted by atomic mass is 9.82. The summed E-state index contributed by atoms with van der Waals surface area (Å²) in [6, 6.07) is 9.75. The second kappa shape index (κ2) is 8.27. The van der Waals surface area contributed by atoms with Gasteiger partial charge < -0.3 is 13.9 Å². The summed E-state index contributed by atoms with van der Waals surface area (Å²) < 4.78 is 17.6. The average Bonchev–Trinajstić information content (AvgIpc) is 3.21. The summed E-state index contributed by atoms with van der Waals surface area (Å²) in [6.45, 7) is 4.62. The lowest BCUT2D eigenvalue weighted by molar-refractivity contribution is -0.125. The Morgan fingerprint density at radius 2 is 1.76 bits per heavy atom. The van der Waals surface area contributed by atoms with Crippen molar-refractivity contribution in [1.29, 1.82) is 0 Å². The van der Waals surface area contributed by atoms with Gasteiger partial charge in [-0.25, -0.2) is 4.79 Å². The van der Waals surface area contributed by atoms with Crippen LogP contribution >= 0.6 is 0 Å². The zero-order chi connectivity index (χ0) is 23.4. The Bertz CT molecular complexity index is 1310. The normalized spacial score (nSPS) is 27.1. The first-order valence-electron chi connectivity index (χ1n) is 12.3. The van der Waals surface area contributed by atoms with Crippen LogP contribution in [0.25, 0.3) is 21.9 Å². The van der Waals surface area contributed by atoms with Gasteiger partial charge in [0.25, 0.3) is 0 Å². The van der Waals surface area contributed by atoms with Crippen molar-refractivity contribution in [3.8, 4) is 0 Å². The number of nitrogens with zero attached hydrogens (tertiary/aromatic N) is 1. The molecule has 1 fully saturated rings. The van der Waals surface area contributed by atoms with Crippen molar-refractivity contribution in [2.24, 2.45) is 11.8 Å². The highest BCUT2D eigenvalue weighted by atomic mass is 16.6. The predicted octanol–water partition coefficient (Wildman–Crippen LogP) is 6.28. The molecule has 3 heterocycles. The van der Waals surface area contributed by atoms with Gasteiger partial charge in [-0.05, 0) is 74.8 Å². The number of cyclic esters (lactones) is 1. The molecule has 0 radical (unpaired) electrons. The van der Waals surface area contributed by atoms with Crippen LogP contribution in [0, 0.1) is 11.8 Å². The number of carbonyl (C=O) groups excluding carboxylic acids is 2. The van der Waals surface area contributed by atoms with E-state index in [9.17, 15) is 9.59 Å². The van der Waals surface area contributed by atoms with E-state index in [4.69, 9.17) is 13.9 Å². The molecule has 2 aromatic carbocycles. The monoisotopic (exact) mass is 459 g/mol. The van der Waals surface area contributed by atoms with Crippen LogP contribution in [0.15, 0.2) is 46.9 Å². The fourth-order valence-electron chi connectivity index (χ4n) is 5.62. The molecule has 1 amide bonds. The molecule has 0 spiro atoms. The van der Waals surface area contributed by atoms with Crippen molar-refractivity contribution in [3.05, 3.63) is 53.6 Å². The van der Waals surface area contributed by atoms with Crippen molar-refractivity contribution in [1.82, 2.24) is 0 Å². The van der Waals surface area contributed by atoms with Crippen LogP contribution in [-0.4, -0.2) is 24.7 Å². The summed E-state index contributed by atoms with van der Waals surface area (Å²) in [5.74, 6) is 0.239. The van der Waals surface area contributed by atoms with Gasteiger partial charge in [-0.2, -0.15) is 0 Å². The van der Waals surface area contributed by atoms with Crippen LogP contribution in [0.5, 0.6) is 0 Å². The van der Waals surface area contributed by atoms with Gasteiger partial charge in [0, 0.05) is 16.7 Å². The minimum absolute atomic E-state index is 0.0127. The molecule has 0 saturated heterocycles. The van der Waals surface area contributed by atoms with Crippen LogP contribution < -0.4 is 4.90 Å². The molecule has 1 saturated carbocycles. The number of amides is 1. The van der Waals surface area contributed by atoms with Crippen molar-refractivity contribution in [3.63, 3.8) is 0 Å². The van der Waals surface area contributed by atoms with Crippen LogP contribution in [0.2, 0.25) is 0 Å². The topological polar surface area (TPSA) is 69.0 Å². The number of rotatable bonds is 2. The van der Waals surface area contributed by atoms with Crippen LogP contribution in [0.1, 0.15) is 68.0 Å². The number of hydrogen-bond donors (Lipinski definition) is 0. The maximum atomic E-state index is 13.6. The first-order valence-corrected chi connectivity index (χ1v) is 12.3. The Labute approximate surface area is 198 Å². The standard InChI is InChI=1S/C28H29NO5/c1-16-6-8-18(9-7-16)27(30)29-17(2)33-28(31)22-15-26-21(14-23(22)29)20-13-19(10-11-25(20)34-26)24-5-3-4-12-32-24/h3-4,10-11,13-18,24H,5-9,12H2,1-2H3. The highest BCUT2D eigenvalue weighted by Crippen LogP contribution is 2.40. The van der Waals surface area contributed by atoms with Gasteiger partial charge in [0.1, 0.15) is 11.2 Å². The number of carbonyl (C=O) groups is 2. The second-order valence-corrected chi connectivity index (χ2v) is 9.92. The van der Waals surface area contributed by atoms with E-state index in [1.807, 2.05) is 24.3 Å². The van der Waals surface area contributed by atoms with E-state index in [-0.39, 0.29) is 17.9 Å². The van der Waals surface area contributed by atoms with Gasteiger partial charge in [-0.15, -0.1) is 0 Å². The number of esters is 1. The van der Waals surface area contributed by atoms with Gasteiger partial charge in [0.2, 0.25) is 5.91 Å². The Hall–Kier alpha value is -3.12. The number of ether oxygens (including phenoxy) is 2. The number of furan rings is 1. The number of fused-ring (bicyclic) bond motifs is 4. The molecule has 6 heteroatoms. The largest absolute Gasteiger partial charge is 0.456 e. The van der Waals surface area contributed by atoms with E-state index in [1.54, 1.807) is 17.9 Å². The van der Waals surface area contributed by atoms with E-state index in [2.05, 4.69) is 19.1 Å². The predicted molar refractivity (Wildman–Crippen MR) is 130 cm³/mol. The molecule has 1 aliphatic carbocycles. The van der Waals surface area contributed by atoms with Gasteiger partial charge in [-0.3, -0.25) is 9.69 Å². The maximum Gasteiger partial charge on any atom is 0.342 e. The highest BCUT2D eigenvalue weighted by molar-refractivity contribution is 6.13. The molecule has 176 valence electrons. The molecular weight excluding hydrogens is 430 g/mol. The Balaban J connectivity index is 1.45. The van der Waals surface area contributed by atoms with E-state index in [1.165, 1.54) is 0 Å². The lowest BCUT2D eigenvalue weighted by Gasteiger charge is -2.37. The van der Waals surface area contributed by atoms with Crippen LogP contribution in [0.3, 0.4) is 0 Å². The molecule has 0 N–H and O–H groups in total. The molecule has 0 bridgehead atoms. The van der Waals surface area contributed by atoms with E-state index < -0.39 is 12.2 Å². The molecule has 3 aliphatic rings. The van der Waals surface area contributed by atoms with Gasteiger partial charge in [0.15, 0.2) is 6.23 Å². The zero-order valence-electron chi connectivity index (χ0n) is 19.6. The molecule has 3 aromatic rings. The average molecular weight is 460 g/mol. The first-order chi connectivity index (χ1) is 16.5. The highest BCUT2D eigenvalue weighted by Gasteiger charge is 2.38. The molecule has 6 nitrogen and oxygen atoms in total. The minimum atomic E-state index is -0.638. The van der Waals surface area contributed by atoms with Crippen molar-refractivity contribution < 1.29 is 23.5 Å². The quantitative estimate of drug-likeness (QED) is 0.333. The third-order valence-corrected chi connectivity index (χ3v) is 7.62. The molecule has 2 atom stereocenters. The van der Waals surface area contributed by atoms with Gasteiger partial charge in [-0.1, -0.05) is 25.1 Å². The molecular formula is C28H29NO5. The number of benzene rings is 2. The molecule has 6 rings (SSSR count). The summed E-state index contributed by atoms with van der Waals surface area (Å²) in [5.41, 5.74) is 3.44. The van der Waals surface area contributed by atoms with Crippen LogP contribution in [-0.2, 0) is 14.3 Å². The fraction of sp³-hybridized carbons (Fsp3) is 0.429. The second-order valence-electron chi connectivity index (χ2n) is 9.92. The minimum Gasteiger partial charge on any atom is -0.456 e. The maximum absolute atomic E-state index is 13.6. The first kappa shape index (κ1) is 21.4. The smallest absolute Gasteiger partial charge is 0.342 e. The van der Waals surface area contributed by atoms with Crippen LogP contribution in [0.4, 0.5) is 5.69 Å². The van der Waals surface area contributed by atoms with Crippen molar-refractivity contribution in [2.45, 2.75) is 58.3 Å². The summed E-state index contributed by atoms with van der Waals surface area (Å²) in [7, 11) is 0. The Kier molecular flexibility index (Phi) is 5.21. The summed E-state index contributed by atoms with van der Waals surface area (Å²) >= 11 is 0. The summed E-state index contributed by atoms with van der Waals surface area (Å²) in [4.78, 5) is 28.1. The number of hydrogen-bond acceptors (Lipinski definition) is 5. The Morgan fingerprint density at radius 3 is 2.53 bits per heavy atom. The van der Waals surface area contributed by atoms with E-state index in [0.29, 0.717) is 29.4 Å². The van der Waals surface area contributed by atoms with Gasteiger partial charge in [0.05, 0.1) is 24.0 Å². The molecule has 2 aliphatic heterocycles. The Morgan fingerprint density at radius 1 is 0.971 bits per heavy atom. The SMILES string of the molecule is CC1CCC(C(=O)N2c3cc4c(cc3C(=O)OC2C)oc2ccc(C3CC=CCO3)cc24)CC1. The van der Waals surface area contributed by atoms with Crippen molar-refractivity contribution >= 4 is 39.5 Å².